The van der Waals surface area contributed by atoms with Gasteiger partial charge in [0.2, 0.25) is 0 Å². The molecular formula is C8H13NO5. The molecule has 0 spiro atoms. The highest BCUT2D eigenvalue weighted by Crippen LogP contribution is 1.88. The smallest absolute Gasteiger partial charge is 0.407 e. The summed E-state index contributed by atoms with van der Waals surface area (Å²) in [5, 5.41) is 10.8. The van der Waals surface area contributed by atoms with E-state index in [0.717, 1.165) is 0 Å². The van der Waals surface area contributed by atoms with Crippen LogP contribution in [0.3, 0.4) is 0 Å². The van der Waals surface area contributed by atoms with Crippen LogP contribution < -0.4 is 5.32 Å². The van der Waals surface area contributed by atoms with Gasteiger partial charge in [0.25, 0.3) is 0 Å². The van der Waals surface area contributed by atoms with Crippen molar-refractivity contribution < 1.29 is 24.2 Å². The molecule has 0 aliphatic rings. The predicted octanol–water partition coefficient (Wildman–Crippen LogP) is -0.00180. The number of carboxylic acid groups (broad SMARTS) is 1. The van der Waals surface area contributed by atoms with Gasteiger partial charge < -0.3 is 19.9 Å². The molecule has 0 heterocycles. The van der Waals surface area contributed by atoms with E-state index in [0.29, 0.717) is 0 Å². The number of aliphatic carboxylic acids is 1. The molecule has 0 unspecified atom stereocenters. The third-order valence-corrected chi connectivity index (χ3v) is 1.32. The van der Waals surface area contributed by atoms with Gasteiger partial charge in [0.1, 0.15) is 6.61 Å². The van der Waals surface area contributed by atoms with Crippen molar-refractivity contribution >= 4 is 12.1 Å². The molecule has 0 aromatic carbocycles. The summed E-state index contributed by atoms with van der Waals surface area (Å²) < 4.78 is 9.13. The van der Waals surface area contributed by atoms with Crippen LogP contribution in [0.1, 0.15) is 0 Å². The lowest BCUT2D eigenvalue weighted by Gasteiger charge is -2.10. The fourth-order valence-corrected chi connectivity index (χ4v) is 0.633. The summed E-state index contributed by atoms with van der Waals surface area (Å²) in [6, 6.07) is 0. The normalized spacial score (nSPS) is 11.5. The van der Waals surface area contributed by atoms with Crippen molar-refractivity contribution in [1.82, 2.24) is 5.32 Å². The number of amides is 1. The first-order valence-corrected chi connectivity index (χ1v) is 3.89. The number of ether oxygens (including phenoxy) is 2. The molecule has 6 heteroatoms. The number of rotatable bonds is 6. The van der Waals surface area contributed by atoms with Gasteiger partial charge in [-0.3, -0.25) is 0 Å². The van der Waals surface area contributed by atoms with E-state index in [4.69, 9.17) is 5.11 Å². The van der Waals surface area contributed by atoms with Gasteiger partial charge in [-0.2, -0.15) is 0 Å². The summed E-state index contributed by atoms with van der Waals surface area (Å²) in [5.41, 5.74) is 0. The molecule has 0 aliphatic carbocycles. The molecule has 1 atom stereocenters. The first kappa shape index (κ1) is 12.4. The molecule has 1 amide bonds. The van der Waals surface area contributed by atoms with Crippen LogP contribution in [0.5, 0.6) is 0 Å². The van der Waals surface area contributed by atoms with Crippen molar-refractivity contribution in [2.75, 3.05) is 20.3 Å². The van der Waals surface area contributed by atoms with Crippen LogP contribution in [0.15, 0.2) is 12.7 Å². The van der Waals surface area contributed by atoms with Gasteiger partial charge in [-0.05, 0) is 0 Å². The summed E-state index contributed by atoms with van der Waals surface area (Å²) in [7, 11) is 1.25. The monoisotopic (exact) mass is 203 g/mol. The van der Waals surface area contributed by atoms with Crippen LogP contribution in [0.2, 0.25) is 0 Å². The van der Waals surface area contributed by atoms with Crippen LogP contribution in [0.25, 0.3) is 0 Å². The molecule has 0 radical (unpaired) electrons. The zero-order chi connectivity index (χ0) is 11.0. The zero-order valence-electron chi connectivity index (χ0n) is 7.86. The van der Waals surface area contributed by atoms with E-state index in [2.05, 4.69) is 21.4 Å². The van der Waals surface area contributed by atoms with Crippen molar-refractivity contribution in [1.29, 1.82) is 0 Å². The molecule has 80 valence electrons. The Morgan fingerprint density at radius 3 is 2.71 bits per heavy atom. The van der Waals surface area contributed by atoms with E-state index in [9.17, 15) is 9.59 Å². The summed E-state index contributed by atoms with van der Waals surface area (Å²) in [4.78, 5) is 21.2. The molecule has 14 heavy (non-hydrogen) atoms. The van der Waals surface area contributed by atoms with Crippen molar-refractivity contribution in [3.8, 4) is 0 Å². The van der Waals surface area contributed by atoms with Gasteiger partial charge >= 0.3 is 12.1 Å². The summed E-state index contributed by atoms with van der Waals surface area (Å²) in [6.45, 7) is 3.29. The Morgan fingerprint density at radius 1 is 1.64 bits per heavy atom. The van der Waals surface area contributed by atoms with Crippen molar-refractivity contribution in [3.05, 3.63) is 12.7 Å². The lowest BCUT2D eigenvalue weighted by atomic mass is 10.3. The Morgan fingerprint density at radius 2 is 2.29 bits per heavy atom. The predicted molar refractivity (Wildman–Crippen MR) is 48.0 cm³/mol. The lowest BCUT2D eigenvalue weighted by molar-refractivity contribution is -0.148. The fraction of sp³-hybridized carbons (Fsp3) is 0.500. The maximum Gasteiger partial charge on any atom is 0.407 e. The zero-order valence-corrected chi connectivity index (χ0v) is 7.86. The molecule has 0 bridgehead atoms. The van der Waals surface area contributed by atoms with Crippen LogP contribution in [-0.2, 0) is 14.3 Å². The van der Waals surface area contributed by atoms with E-state index < -0.39 is 18.2 Å². The molecule has 6 nitrogen and oxygen atoms in total. The van der Waals surface area contributed by atoms with Gasteiger partial charge in [-0.1, -0.05) is 12.7 Å². The standard InChI is InChI=1S/C8H13NO5/c1-3-4-14-8(12)9-5-6(13-2)7(10)11/h3,6H,1,4-5H2,2H3,(H,9,12)(H,10,11)/t6-/m0/s1. The molecular weight excluding hydrogens is 190 g/mol. The van der Waals surface area contributed by atoms with Gasteiger partial charge in [0.05, 0.1) is 6.54 Å². The minimum Gasteiger partial charge on any atom is -0.479 e. The third kappa shape index (κ3) is 5.15. The lowest BCUT2D eigenvalue weighted by Crippen LogP contribution is -2.38. The first-order chi connectivity index (χ1) is 6.61. The summed E-state index contributed by atoms with van der Waals surface area (Å²) in [6.07, 6.45) is -0.357. The Balaban J connectivity index is 3.73. The Labute approximate surface area is 81.5 Å². The number of alkyl carbamates (subject to hydrolysis) is 1. The van der Waals surface area contributed by atoms with Crippen LogP contribution in [0, 0.1) is 0 Å². The number of nitrogens with one attached hydrogen (secondary N) is 1. The number of carbonyl (C=O) groups excluding carboxylic acids is 1. The summed E-state index contributed by atoms with van der Waals surface area (Å²) in [5.74, 6) is -1.14. The Hall–Kier alpha value is -1.56. The van der Waals surface area contributed by atoms with Crippen LogP contribution in [0.4, 0.5) is 4.79 Å². The number of methoxy groups -OCH3 is 1. The van der Waals surface area contributed by atoms with E-state index in [-0.39, 0.29) is 13.2 Å². The molecule has 2 N–H and O–H groups in total. The van der Waals surface area contributed by atoms with Crippen LogP contribution >= 0.6 is 0 Å². The van der Waals surface area contributed by atoms with Gasteiger partial charge in [-0.15, -0.1) is 0 Å². The maximum absolute atomic E-state index is 10.8. The molecule has 0 saturated heterocycles. The van der Waals surface area contributed by atoms with Gasteiger partial charge in [0.15, 0.2) is 6.10 Å². The molecule has 0 rings (SSSR count). The highest BCUT2D eigenvalue weighted by atomic mass is 16.5. The van der Waals surface area contributed by atoms with E-state index >= 15 is 0 Å². The second kappa shape index (κ2) is 6.90. The quantitative estimate of drug-likeness (QED) is 0.593. The van der Waals surface area contributed by atoms with Gasteiger partial charge in [0, 0.05) is 7.11 Å². The average molecular weight is 203 g/mol. The van der Waals surface area contributed by atoms with E-state index in [1.807, 2.05) is 0 Å². The van der Waals surface area contributed by atoms with Crippen molar-refractivity contribution in [2.45, 2.75) is 6.10 Å². The topological polar surface area (TPSA) is 84.9 Å². The highest BCUT2D eigenvalue weighted by molar-refractivity contribution is 5.74. The number of hydrogen-bond donors (Lipinski definition) is 2. The summed E-state index contributed by atoms with van der Waals surface area (Å²) >= 11 is 0. The maximum atomic E-state index is 10.8. The van der Waals surface area contributed by atoms with E-state index in [1.165, 1.54) is 13.2 Å². The number of hydrogen-bond acceptors (Lipinski definition) is 4. The second-order valence-corrected chi connectivity index (χ2v) is 2.33. The number of carboxylic acids is 1. The highest BCUT2D eigenvalue weighted by Gasteiger charge is 2.17. The molecule has 0 saturated carbocycles. The van der Waals surface area contributed by atoms with Gasteiger partial charge in [-0.25, -0.2) is 9.59 Å². The fourth-order valence-electron chi connectivity index (χ4n) is 0.633. The SMILES string of the molecule is C=CCOC(=O)NC[C@H](OC)C(=O)O. The van der Waals surface area contributed by atoms with E-state index in [1.54, 1.807) is 0 Å². The number of carbonyl (C=O) groups is 2. The molecule has 0 aliphatic heterocycles. The minimum absolute atomic E-state index is 0.0799. The largest absolute Gasteiger partial charge is 0.479 e. The second-order valence-electron chi connectivity index (χ2n) is 2.33. The Kier molecular flexibility index (Phi) is 6.13. The molecule has 0 aromatic rings. The van der Waals surface area contributed by atoms with Crippen LogP contribution in [-0.4, -0.2) is 43.5 Å². The first-order valence-electron chi connectivity index (χ1n) is 3.89. The van der Waals surface area contributed by atoms with Crippen molar-refractivity contribution in [2.24, 2.45) is 0 Å². The third-order valence-electron chi connectivity index (χ3n) is 1.32. The Bertz CT molecular complexity index is 216. The molecule has 0 aromatic heterocycles. The van der Waals surface area contributed by atoms with Crippen molar-refractivity contribution in [3.63, 3.8) is 0 Å². The molecule has 0 fully saturated rings. The minimum atomic E-state index is -1.14. The average Bonchev–Trinajstić information content (AvgIpc) is 2.15.